The van der Waals surface area contributed by atoms with Crippen molar-refractivity contribution in [1.82, 2.24) is 0 Å². The summed E-state index contributed by atoms with van der Waals surface area (Å²) in [6.45, 7) is 10.0. The third-order valence-corrected chi connectivity index (χ3v) is 68.1. The second-order valence-corrected chi connectivity index (χ2v) is 62.9. The van der Waals surface area contributed by atoms with Gasteiger partial charge in [-0.15, -0.1) is 0 Å². The van der Waals surface area contributed by atoms with Crippen LogP contribution < -0.4 is 0 Å². The van der Waals surface area contributed by atoms with Crippen LogP contribution in [0, 0.1) is 10.8 Å². The fraction of sp³-hybridized carbons (Fsp3) is 0.500. The molecule has 2 fully saturated rings. The Morgan fingerprint density at radius 2 is 0.867 bits per heavy atom. The van der Waals surface area contributed by atoms with Gasteiger partial charge in [0.05, 0.1) is 0 Å². The zero-order valence-electron chi connectivity index (χ0n) is 37.5. The molecule has 0 N–H and O–H groups in total. The van der Waals surface area contributed by atoms with Gasteiger partial charge in [0.1, 0.15) is 0 Å². The number of halogens is 2. The Balaban J connectivity index is 1.36. The van der Waals surface area contributed by atoms with E-state index in [0.29, 0.717) is 10.8 Å². The molecule has 2 saturated carbocycles. The predicted octanol–water partition coefficient (Wildman–Crippen LogP) is 18.4. The van der Waals surface area contributed by atoms with Crippen LogP contribution in [0.15, 0.2) is 108 Å². The van der Waals surface area contributed by atoms with E-state index in [9.17, 15) is 17.0 Å². The molecule has 2 atom stereocenters. The normalized spacial score (nSPS) is 22.3. The molecule has 0 bridgehead atoms. The summed E-state index contributed by atoms with van der Waals surface area (Å²) in [5, 5.41) is 0. The van der Waals surface area contributed by atoms with Gasteiger partial charge in [0.2, 0.25) is 0 Å². The number of allylic oxidation sites excluding steroid dienone is 2. The van der Waals surface area contributed by atoms with Crippen LogP contribution >= 0.6 is 17.0 Å². The van der Waals surface area contributed by atoms with Gasteiger partial charge in [0.25, 0.3) is 0 Å². The molecular weight excluding hydrogens is 863 g/mol. The van der Waals surface area contributed by atoms with Gasteiger partial charge in [-0.05, 0) is 0 Å². The Labute approximate surface area is 373 Å². The van der Waals surface area contributed by atoms with Crippen molar-refractivity contribution in [2.24, 2.45) is 10.8 Å². The van der Waals surface area contributed by atoms with Crippen LogP contribution in [0.3, 0.4) is 0 Å². The molecule has 0 aliphatic heterocycles. The topological polar surface area (TPSA) is 0 Å². The molecule has 0 radical (unpaired) electrons. The molecule has 60 heavy (non-hydrogen) atoms. The van der Waals surface area contributed by atoms with Gasteiger partial charge in [0.15, 0.2) is 0 Å². The van der Waals surface area contributed by atoms with Crippen LogP contribution in [0.5, 0.6) is 0 Å². The minimum absolute atomic E-state index is 0.110. The van der Waals surface area contributed by atoms with Crippen LogP contribution in [0.4, 0.5) is 0 Å². The molecule has 0 nitrogen and oxygen atoms in total. The molecule has 4 aromatic rings. The maximum atomic E-state index is 9.34. The first kappa shape index (κ1) is 44.6. The van der Waals surface area contributed by atoms with Gasteiger partial charge in [0, 0.05) is 0 Å². The minimum atomic E-state index is -5.13. The third-order valence-electron chi connectivity index (χ3n) is 16.2. The van der Waals surface area contributed by atoms with Crippen molar-refractivity contribution in [3.63, 3.8) is 0 Å². The van der Waals surface area contributed by atoms with E-state index in [1.54, 1.807) is 11.1 Å². The van der Waals surface area contributed by atoms with Crippen molar-refractivity contribution in [1.29, 1.82) is 0 Å². The summed E-state index contributed by atoms with van der Waals surface area (Å²) < 4.78 is 0.219. The molecule has 0 saturated heterocycles. The molecule has 319 valence electrons. The van der Waals surface area contributed by atoms with Crippen LogP contribution in [0.1, 0.15) is 172 Å². The van der Waals surface area contributed by atoms with Crippen LogP contribution in [0.2, 0.25) is 13.1 Å². The second-order valence-electron chi connectivity index (χ2n) is 20.4. The summed E-state index contributed by atoms with van der Waals surface area (Å²) in [5.41, 5.74) is 14.8. The van der Waals surface area contributed by atoms with Crippen molar-refractivity contribution < 1.29 is 15.6 Å². The monoisotopic (exact) mass is 933 g/mol. The molecule has 0 spiro atoms. The van der Waals surface area contributed by atoms with Gasteiger partial charge in [-0.1, -0.05) is 0 Å². The first-order chi connectivity index (χ1) is 29.1. The average molecular weight is 936 g/mol. The summed E-state index contributed by atoms with van der Waals surface area (Å²) in [5.74, 6) is -1.76. The van der Waals surface area contributed by atoms with E-state index in [4.69, 9.17) is 0 Å². The number of hydrogen-bond donors (Lipinski definition) is 0. The zero-order valence-corrected chi connectivity index (χ0v) is 42.6. The van der Waals surface area contributed by atoms with E-state index < -0.39 is 21.5 Å². The molecule has 8 rings (SSSR count). The van der Waals surface area contributed by atoms with Gasteiger partial charge in [-0.2, -0.15) is 0 Å². The first-order valence-electron chi connectivity index (χ1n) is 24.5. The quantitative estimate of drug-likeness (QED) is 0.117. The van der Waals surface area contributed by atoms with Crippen LogP contribution in [-0.4, -0.2) is 5.92 Å². The van der Waals surface area contributed by atoms with Gasteiger partial charge < -0.3 is 0 Å². The number of benzene rings is 4. The van der Waals surface area contributed by atoms with E-state index in [1.165, 1.54) is 160 Å². The number of fused-ring (bicyclic) bond motifs is 2. The van der Waals surface area contributed by atoms with Crippen molar-refractivity contribution >= 4 is 35.1 Å². The van der Waals surface area contributed by atoms with Gasteiger partial charge >= 0.3 is 377 Å². The second kappa shape index (κ2) is 19.0. The van der Waals surface area contributed by atoms with Gasteiger partial charge in [-0.3, -0.25) is 0 Å². The first-order valence-corrected chi connectivity index (χ1v) is 40.8. The summed E-state index contributed by atoms with van der Waals surface area (Å²) in [6.07, 6.45) is 31.7. The molecule has 0 aromatic heterocycles. The molecule has 4 heteroatoms. The Hall–Kier alpha value is -1.96. The van der Waals surface area contributed by atoms with E-state index in [2.05, 4.69) is 136 Å². The molecule has 4 aliphatic rings. The van der Waals surface area contributed by atoms with Crippen molar-refractivity contribution in [2.75, 3.05) is 0 Å². The zero-order chi connectivity index (χ0) is 41.8. The fourth-order valence-electron chi connectivity index (χ4n) is 13.4. The van der Waals surface area contributed by atoms with Crippen LogP contribution in [-0.2, 0) is 15.6 Å². The van der Waals surface area contributed by atoms with E-state index >= 15 is 0 Å². The Morgan fingerprint density at radius 3 is 1.22 bits per heavy atom. The summed E-state index contributed by atoms with van der Waals surface area (Å²) in [6, 6.07) is 36.7. The predicted molar refractivity (Wildman–Crippen MR) is 264 cm³/mol. The number of rotatable bonds is 13. The summed E-state index contributed by atoms with van der Waals surface area (Å²) >= 11 is -5.13. The van der Waals surface area contributed by atoms with E-state index in [0.717, 1.165) is 12.8 Å². The number of hydrogen-bond acceptors (Lipinski definition) is 0. The molecule has 2 unspecified atom stereocenters. The molecular formula is C56H73Cl2SiZr. The molecule has 0 heterocycles. The summed E-state index contributed by atoms with van der Waals surface area (Å²) in [7, 11) is 18.7. The molecule has 0 amide bonds. The Kier molecular flexibility index (Phi) is 14.2. The molecule has 4 aliphatic carbocycles. The summed E-state index contributed by atoms with van der Waals surface area (Å²) in [4.78, 5) is 0. The fourth-order valence-corrected chi connectivity index (χ4v) is 44.7. The van der Waals surface area contributed by atoms with Crippen molar-refractivity contribution in [2.45, 2.75) is 163 Å². The van der Waals surface area contributed by atoms with Crippen LogP contribution in [0.25, 0.3) is 34.4 Å². The Bertz CT molecular complexity index is 1990. The SMILES string of the molecule is CCCC1(CC2=Cc3c(-c4ccccc4)cccc3[CH]2[Zr]([Cl])([Cl])([CH]2C(CC3(CCC)CCCCCCC3)=Cc3c(-c4ccccc4)cccc32)[SiH](C)C)CCCCCCC1. The van der Waals surface area contributed by atoms with Crippen molar-refractivity contribution in [3.8, 4) is 22.3 Å². The average Bonchev–Trinajstić information content (AvgIpc) is 3.80. The van der Waals surface area contributed by atoms with E-state index in [-0.39, 0.29) is 7.25 Å². The van der Waals surface area contributed by atoms with E-state index in [1.807, 2.05) is 0 Å². The third kappa shape index (κ3) is 8.66. The standard InChI is InChI=1S/2C27H33.C2H7Si.2ClH.Zr/c2*1-2-16-27(17-9-4-3-5-10-18-27)21-22-19-24-14-11-15-25(26(24)20-22)23-12-7-6-8-13-23;1-3-2;;;/h2*6-8,11-15,19-20H,2-5,9-10,16-18,21H2,1H3;3H,1-2H3;2*1H;/q;;;;;+2/p-2. The van der Waals surface area contributed by atoms with Crippen molar-refractivity contribution in [3.05, 3.63) is 130 Å². The maximum absolute atomic E-state index is 9.34. The molecule has 4 aromatic carbocycles. The Morgan fingerprint density at radius 1 is 0.500 bits per heavy atom. The van der Waals surface area contributed by atoms with Gasteiger partial charge in [-0.25, -0.2) is 0 Å².